The van der Waals surface area contributed by atoms with Crippen LogP contribution in [0.3, 0.4) is 0 Å². The quantitative estimate of drug-likeness (QED) is 0.586. The first-order valence-corrected chi connectivity index (χ1v) is 10.4. The van der Waals surface area contributed by atoms with Crippen molar-refractivity contribution in [2.75, 3.05) is 36.5 Å². The molecule has 31 heavy (non-hydrogen) atoms. The third-order valence-corrected chi connectivity index (χ3v) is 5.37. The first-order chi connectivity index (χ1) is 15.1. The molecule has 1 saturated heterocycles. The number of hydrogen-bond donors (Lipinski definition) is 1. The highest BCUT2D eigenvalue weighted by Gasteiger charge is 2.16. The first kappa shape index (κ1) is 21.0. The molecule has 2 aromatic carbocycles. The molecule has 4 rings (SSSR count). The van der Waals surface area contributed by atoms with Gasteiger partial charge in [0.2, 0.25) is 0 Å². The van der Waals surface area contributed by atoms with E-state index in [2.05, 4.69) is 15.2 Å². The van der Waals surface area contributed by atoms with Gasteiger partial charge in [0, 0.05) is 42.5 Å². The number of halogens is 1. The van der Waals surface area contributed by atoms with E-state index in [1.807, 2.05) is 30.3 Å². The Bertz CT molecular complexity index is 1060. The molecule has 2 heterocycles. The van der Waals surface area contributed by atoms with Crippen LogP contribution in [0, 0.1) is 0 Å². The normalized spacial score (nSPS) is 13.6. The van der Waals surface area contributed by atoms with Crippen molar-refractivity contribution < 1.29 is 14.3 Å². The van der Waals surface area contributed by atoms with Crippen molar-refractivity contribution in [2.45, 2.75) is 6.42 Å². The zero-order valence-electron chi connectivity index (χ0n) is 16.9. The molecule has 1 aromatic heterocycles. The molecule has 0 aliphatic carbocycles. The van der Waals surface area contributed by atoms with Gasteiger partial charge >= 0.3 is 0 Å². The molecule has 1 aliphatic rings. The van der Waals surface area contributed by atoms with Crippen LogP contribution in [0.15, 0.2) is 66.9 Å². The second-order valence-electron chi connectivity index (χ2n) is 7.22. The van der Waals surface area contributed by atoms with Crippen LogP contribution in [0.2, 0.25) is 5.02 Å². The fraction of sp³-hybridized carbons (Fsp3) is 0.208. The summed E-state index contributed by atoms with van der Waals surface area (Å²) in [6.45, 7) is 3.12. The first-order valence-electron chi connectivity index (χ1n) is 10.1. The monoisotopic (exact) mass is 435 g/mol. The Labute approximate surface area is 185 Å². The molecule has 1 amide bonds. The summed E-state index contributed by atoms with van der Waals surface area (Å²) in [6, 6.07) is 18.0. The molecule has 1 fully saturated rings. The highest BCUT2D eigenvalue weighted by atomic mass is 35.5. The summed E-state index contributed by atoms with van der Waals surface area (Å²) in [5.41, 5.74) is 2.80. The van der Waals surface area contributed by atoms with Crippen LogP contribution in [-0.4, -0.2) is 43.0 Å². The average molecular weight is 436 g/mol. The molecule has 0 bridgehead atoms. The van der Waals surface area contributed by atoms with Crippen molar-refractivity contribution in [1.82, 2.24) is 4.98 Å². The maximum atomic E-state index is 12.9. The minimum absolute atomic E-state index is 0.0432. The summed E-state index contributed by atoms with van der Waals surface area (Å²) >= 11 is 5.84. The van der Waals surface area contributed by atoms with E-state index in [4.69, 9.17) is 16.3 Å². The molecule has 158 valence electrons. The molecule has 0 atom stereocenters. The van der Waals surface area contributed by atoms with Crippen molar-refractivity contribution >= 4 is 34.8 Å². The number of carbonyl (C=O) groups is 2. The second kappa shape index (κ2) is 9.73. The third kappa shape index (κ3) is 5.29. The van der Waals surface area contributed by atoms with Gasteiger partial charge in [0.15, 0.2) is 5.78 Å². The molecular formula is C24H22ClN3O3. The molecule has 7 heteroatoms. The number of anilines is 2. The summed E-state index contributed by atoms with van der Waals surface area (Å²) in [5, 5.41) is 3.24. The molecule has 3 aromatic rings. The molecule has 0 unspecified atom stereocenters. The highest BCUT2D eigenvalue weighted by Crippen LogP contribution is 2.19. The van der Waals surface area contributed by atoms with Crippen molar-refractivity contribution in [3.05, 3.63) is 88.6 Å². The number of nitrogens with one attached hydrogen (secondary N) is 1. The van der Waals surface area contributed by atoms with E-state index in [1.165, 1.54) is 6.20 Å². The number of rotatable bonds is 6. The number of ether oxygens (including phenoxy) is 1. The van der Waals surface area contributed by atoms with Gasteiger partial charge in [-0.3, -0.25) is 9.59 Å². The predicted octanol–water partition coefficient (Wildman–Crippen LogP) is 4.25. The molecule has 1 N–H and O–H groups in total. The minimum atomic E-state index is -0.319. The maximum Gasteiger partial charge on any atom is 0.257 e. The van der Waals surface area contributed by atoms with Gasteiger partial charge in [-0.25, -0.2) is 4.98 Å². The standard InChI is InChI=1S/C24H22ClN3O3/c25-19-7-10-23(26-16-19)27-24(30)21-4-2-1-3-18(21)15-22(29)17-5-8-20(9-6-17)28-11-13-31-14-12-28/h1-10,16H,11-15H2,(H,26,27,30). The fourth-order valence-electron chi connectivity index (χ4n) is 3.48. The molecule has 0 radical (unpaired) electrons. The molecule has 1 aliphatic heterocycles. The van der Waals surface area contributed by atoms with E-state index >= 15 is 0 Å². The number of morpholine rings is 1. The van der Waals surface area contributed by atoms with Gasteiger partial charge in [-0.15, -0.1) is 0 Å². The van der Waals surface area contributed by atoms with E-state index in [1.54, 1.807) is 30.3 Å². The lowest BCUT2D eigenvalue weighted by atomic mass is 9.98. The number of carbonyl (C=O) groups excluding carboxylic acids is 2. The summed E-state index contributed by atoms with van der Waals surface area (Å²) in [6.07, 6.45) is 1.60. The van der Waals surface area contributed by atoms with Gasteiger partial charge in [0.25, 0.3) is 5.91 Å². The van der Waals surface area contributed by atoms with Gasteiger partial charge < -0.3 is 15.0 Å². The number of Topliss-reactive ketones (excluding diaryl/α,β-unsaturated/α-hetero) is 1. The van der Waals surface area contributed by atoms with E-state index in [0.717, 1.165) is 18.8 Å². The summed E-state index contributed by atoms with van der Waals surface area (Å²) in [7, 11) is 0. The molecular weight excluding hydrogens is 414 g/mol. The molecule has 0 spiro atoms. The third-order valence-electron chi connectivity index (χ3n) is 5.15. The van der Waals surface area contributed by atoms with E-state index in [-0.39, 0.29) is 18.1 Å². The Morgan fingerprint density at radius 1 is 1.00 bits per heavy atom. The SMILES string of the molecule is O=C(Cc1ccccc1C(=O)Nc1ccc(Cl)cn1)c1ccc(N2CCOCC2)cc1. The molecule has 0 saturated carbocycles. The van der Waals surface area contributed by atoms with Crippen LogP contribution in [0.4, 0.5) is 11.5 Å². The number of ketones is 1. The summed E-state index contributed by atoms with van der Waals surface area (Å²) < 4.78 is 5.38. The summed E-state index contributed by atoms with van der Waals surface area (Å²) in [4.78, 5) is 32.0. The van der Waals surface area contributed by atoms with Crippen molar-refractivity contribution in [1.29, 1.82) is 0 Å². The Morgan fingerprint density at radius 3 is 2.45 bits per heavy atom. The number of amides is 1. The van der Waals surface area contributed by atoms with E-state index < -0.39 is 0 Å². The largest absolute Gasteiger partial charge is 0.378 e. The number of benzene rings is 2. The Kier molecular flexibility index (Phi) is 6.60. The minimum Gasteiger partial charge on any atom is -0.378 e. The van der Waals surface area contributed by atoms with Crippen LogP contribution in [-0.2, 0) is 11.2 Å². The lowest BCUT2D eigenvalue weighted by molar-refractivity contribution is 0.0992. The predicted molar refractivity (Wildman–Crippen MR) is 121 cm³/mol. The lowest BCUT2D eigenvalue weighted by Crippen LogP contribution is -2.36. The lowest BCUT2D eigenvalue weighted by Gasteiger charge is -2.28. The van der Waals surface area contributed by atoms with Gasteiger partial charge in [-0.05, 0) is 48.0 Å². The zero-order valence-corrected chi connectivity index (χ0v) is 17.6. The van der Waals surface area contributed by atoms with Gasteiger partial charge in [0.05, 0.1) is 18.2 Å². The fourth-order valence-corrected chi connectivity index (χ4v) is 3.60. The van der Waals surface area contributed by atoms with Crippen LogP contribution in [0.5, 0.6) is 0 Å². The Morgan fingerprint density at radius 2 is 1.74 bits per heavy atom. The van der Waals surface area contributed by atoms with Crippen molar-refractivity contribution in [3.8, 4) is 0 Å². The average Bonchev–Trinajstić information content (AvgIpc) is 2.81. The Hall–Kier alpha value is -3.22. The van der Waals surface area contributed by atoms with Crippen LogP contribution in [0.1, 0.15) is 26.3 Å². The van der Waals surface area contributed by atoms with Gasteiger partial charge in [-0.1, -0.05) is 29.8 Å². The maximum absolute atomic E-state index is 12.9. The number of hydrogen-bond acceptors (Lipinski definition) is 5. The second-order valence-corrected chi connectivity index (χ2v) is 7.66. The Balaban J connectivity index is 1.46. The van der Waals surface area contributed by atoms with Crippen LogP contribution in [0.25, 0.3) is 0 Å². The van der Waals surface area contributed by atoms with Crippen LogP contribution < -0.4 is 10.2 Å². The van der Waals surface area contributed by atoms with E-state index in [0.29, 0.717) is 40.7 Å². The van der Waals surface area contributed by atoms with Gasteiger partial charge in [-0.2, -0.15) is 0 Å². The smallest absolute Gasteiger partial charge is 0.257 e. The number of pyridine rings is 1. The molecule has 6 nitrogen and oxygen atoms in total. The number of aromatic nitrogens is 1. The van der Waals surface area contributed by atoms with Crippen LogP contribution >= 0.6 is 11.6 Å². The topological polar surface area (TPSA) is 71.5 Å². The number of nitrogens with zero attached hydrogens (tertiary/aromatic N) is 2. The van der Waals surface area contributed by atoms with Crippen molar-refractivity contribution in [3.63, 3.8) is 0 Å². The highest BCUT2D eigenvalue weighted by molar-refractivity contribution is 6.30. The zero-order chi connectivity index (χ0) is 21.6. The summed E-state index contributed by atoms with van der Waals surface area (Å²) in [5.74, 6) is 0.0357. The van der Waals surface area contributed by atoms with Gasteiger partial charge in [0.1, 0.15) is 5.82 Å². The van der Waals surface area contributed by atoms with E-state index in [9.17, 15) is 9.59 Å². The van der Waals surface area contributed by atoms with Crippen molar-refractivity contribution in [2.24, 2.45) is 0 Å².